The molecule has 0 bridgehead atoms. The van der Waals surface area contributed by atoms with Crippen LogP contribution < -0.4 is 0 Å². The first-order chi connectivity index (χ1) is 8.07. The fourth-order valence-corrected chi connectivity index (χ4v) is 4.25. The molecule has 0 aromatic carbocycles. The number of nitrogens with zero attached hydrogens (tertiary/aromatic N) is 2. The minimum Gasteiger partial charge on any atom is -0.266 e. The molecule has 17 heavy (non-hydrogen) atoms. The average Bonchev–Trinajstić information content (AvgIpc) is 2.78. The van der Waals surface area contributed by atoms with Gasteiger partial charge in [-0.25, -0.2) is 8.42 Å². The van der Waals surface area contributed by atoms with Crippen molar-refractivity contribution in [1.82, 2.24) is 14.5 Å². The van der Waals surface area contributed by atoms with Crippen LogP contribution >= 0.6 is 11.6 Å². The van der Waals surface area contributed by atoms with Crippen LogP contribution in [0.4, 0.5) is 0 Å². The van der Waals surface area contributed by atoms with Crippen molar-refractivity contribution in [2.24, 2.45) is 0 Å². The number of nitrogens with one attached hydrogen (secondary N) is 1. The molecule has 0 radical (unpaired) electrons. The van der Waals surface area contributed by atoms with Gasteiger partial charge in [0.15, 0.2) is 5.03 Å². The molecule has 0 amide bonds. The zero-order valence-electron chi connectivity index (χ0n) is 9.69. The molecule has 96 valence electrons. The van der Waals surface area contributed by atoms with Crippen molar-refractivity contribution in [2.45, 2.75) is 43.1 Å². The standard InChI is InChI=1S/C10H16ClN3O2S/c1-8-4-2-3-5-14(8)17(15,16)10-9(6-11)7-12-13-10/h7-8H,2-6H2,1H3,(H,12,13). The molecule has 5 nitrogen and oxygen atoms in total. The summed E-state index contributed by atoms with van der Waals surface area (Å²) in [5.74, 6) is 0.146. The first kappa shape index (κ1) is 12.9. The maximum absolute atomic E-state index is 12.4. The molecule has 1 fully saturated rings. The lowest BCUT2D eigenvalue weighted by atomic mass is 10.1. The monoisotopic (exact) mass is 277 g/mol. The van der Waals surface area contributed by atoms with Crippen LogP contribution in [-0.2, 0) is 15.9 Å². The van der Waals surface area contributed by atoms with Gasteiger partial charge in [-0.05, 0) is 19.8 Å². The van der Waals surface area contributed by atoms with Crippen LogP contribution in [0.2, 0.25) is 0 Å². The van der Waals surface area contributed by atoms with Crippen molar-refractivity contribution in [3.63, 3.8) is 0 Å². The third-order valence-corrected chi connectivity index (χ3v) is 5.45. The molecule has 0 aliphatic carbocycles. The van der Waals surface area contributed by atoms with Gasteiger partial charge in [0.25, 0.3) is 10.0 Å². The lowest BCUT2D eigenvalue weighted by Crippen LogP contribution is -2.42. The molecule has 1 aliphatic heterocycles. The number of hydrogen-bond acceptors (Lipinski definition) is 3. The highest BCUT2D eigenvalue weighted by Gasteiger charge is 2.33. The summed E-state index contributed by atoms with van der Waals surface area (Å²) in [6, 6.07) is 0.0419. The Hall–Kier alpha value is -0.590. The molecule has 1 aromatic rings. The van der Waals surface area contributed by atoms with Crippen LogP contribution in [0.15, 0.2) is 11.2 Å². The van der Waals surface area contributed by atoms with Gasteiger partial charge in [-0.2, -0.15) is 9.40 Å². The first-order valence-electron chi connectivity index (χ1n) is 5.67. The predicted octanol–water partition coefficient (Wildman–Crippen LogP) is 1.71. The molecule has 1 unspecified atom stereocenters. The lowest BCUT2D eigenvalue weighted by molar-refractivity contribution is 0.268. The molecule has 1 aliphatic rings. The van der Waals surface area contributed by atoms with E-state index in [1.54, 1.807) is 4.31 Å². The van der Waals surface area contributed by atoms with Crippen LogP contribution in [-0.4, -0.2) is 35.5 Å². The van der Waals surface area contributed by atoms with E-state index in [-0.39, 0.29) is 16.9 Å². The third-order valence-electron chi connectivity index (χ3n) is 3.13. The van der Waals surface area contributed by atoms with Crippen LogP contribution in [0.25, 0.3) is 0 Å². The molecule has 2 rings (SSSR count). The second-order valence-electron chi connectivity index (χ2n) is 4.32. The minimum atomic E-state index is -3.48. The maximum Gasteiger partial charge on any atom is 0.260 e. The van der Waals surface area contributed by atoms with E-state index in [0.717, 1.165) is 19.3 Å². The summed E-state index contributed by atoms with van der Waals surface area (Å²) in [5, 5.41) is 6.45. The van der Waals surface area contributed by atoms with Gasteiger partial charge in [-0.1, -0.05) is 6.42 Å². The van der Waals surface area contributed by atoms with Crippen LogP contribution in [0.3, 0.4) is 0 Å². The third kappa shape index (κ3) is 2.34. The number of sulfonamides is 1. The number of aromatic nitrogens is 2. The highest BCUT2D eigenvalue weighted by molar-refractivity contribution is 7.89. The van der Waals surface area contributed by atoms with Crippen molar-refractivity contribution < 1.29 is 8.42 Å². The summed E-state index contributed by atoms with van der Waals surface area (Å²) < 4.78 is 26.4. The summed E-state index contributed by atoms with van der Waals surface area (Å²) in [6.07, 6.45) is 4.37. The normalized spacial score (nSPS) is 22.8. The molecule has 1 N–H and O–H groups in total. The molecule has 0 saturated carbocycles. The maximum atomic E-state index is 12.4. The van der Waals surface area contributed by atoms with Crippen LogP contribution in [0.5, 0.6) is 0 Å². The van der Waals surface area contributed by atoms with Crippen molar-refractivity contribution in [1.29, 1.82) is 0 Å². The predicted molar refractivity (Wildman–Crippen MR) is 65.3 cm³/mol. The fourth-order valence-electron chi connectivity index (χ4n) is 2.16. The summed E-state index contributed by atoms with van der Waals surface area (Å²) in [7, 11) is -3.48. The number of hydrogen-bond donors (Lipinski definition) is 1. The van der Waals surface area contributed by atoms with E-state index in [1.807, 2.05) is 6.92 Å². The van der Waals surface area contributed by atoms with Crippen LogP contribution in [0.1, 0.15) is 31.7 Å². The van der Waals surface area contributed by atoms with Gasteiger partial charge >= 0.3 is 0 Å². The molecule has 2 heterocycles. The highest BCUT2D eigenvalue weighted by Crippen LogP contribution is 2.26. The first-order valence-corrected chi connectivity index (χ1v) is 7.65. The SMILES string of the molecule is CC1CCCCN1S(=O)(=O)c1[nH]ncc1CCl. The van der Waals surface area contributed by atoms with Gasteiger partial charge in [0.05, 0.1) is 12.1 Å². The van der Waals surface area contributed by atoms with Crippen molar-refractivity contribution in [3.05, 3.63) is 11.8 Å². The van der Waals surface area contributed by atoms with Gasteiger partial charge in [-0.15, -0.1) is 11.6 Å². The number of H-pyrrole nitrogens is 1. The zero-order valence-corrected chi connectivity index (χ0v) is 11.3. The Morgan fingerprint density at radius 2 is 2.35 bits per heavy atom. The Morgan fingerprint density at radius 1 is 1.59 bits per heavy atom. The number of aromatic amines is 1. The Balaban J connectivity index is 2.35. The van der Waals surface area contributed by atoms with Crippen molar-refractivity contribution in [2.75, 3.05) is 6.54 Å². The number of rotatable bonds is 3. The topological polar surface area (TPSA) is 66.1 Å². The van der Waals surface area contributed by atoms with Crippen molar-refractivity contribution in [3.8, 4) is 0 Å². The molecule has 7 heteroatoms. The molecule has 0 spiro atoms. The van der Waals surface area contributed by atoms with Gasteiger partial charge in [0, 0.05) is 18.2 Å². The number of piperidine rings is 1. The Morgan fingerprint density at radius 3 is 3.00 bits per heavy atom. The smallest absolute Gasteiger partial charge is 0.260 e. The molecular formula is C10H16ClN3O2S. The quantitative estimate of drug-likeness (QED) is 0.856. The second-order valence-corrected chi connectivity index (χ2v) is 6.41. The summed E-state index contributed by atoms with van der Waals surface area (Å²) >= 11 is 5.71. The number of alkyl halides is 1. The van der Waals surface area contributed by atoms with E-state index in [2.05, 4.69) is 10.2 Å². The molecule has 1 saturated heterocycles. The van der Waals surface area contributed by atoms with E-state index in [9.17, 15) is 8.42 Å². The molecule has 1 aromatic heterocycles. The minimum absolute atomic E-state index is 0.0419. The van der Waals surface area contributed by atoms with Crippen LogP contribution in [0, 0.1) is 0 Å². The Kier molecular flexibility index (Phi) is 3.75. The van der Waals surface area contributed by atoms with E-state index < -0.39 is 10.0 Å². The van der Waals surface area contributed by atoms with E-state index >= 15 is 0 Å². The summed E-state index contributed by atoms with van der Waals surface area (Å²) in [4.78, 5) is 0. The highest BCUT2D eigenvalue weighted by atomic mass is 35.5. The van der Waals surface area contributed by atoms with Crippen molar-refractivity contribution >= 4 is 21.6 Å². The van der Waals surface area contributed by atoms with E-state index in [4.69, 9.17) is 11.6 Å². The van der Waals surface area contributed by atoms with Gasteiger partial charge in [0.2, 0.25) is 0 Å². The summed E-state index contributed by atoms with van der Waals surface area (Å²) in [6.45, 7) is 2.51. The van der Waals surface area contributed by atoms with Gasteiger partial charge in [-0.3, -0.25) is 5.10 Å². The van der Waals surface area contributed by atoms with E-state index in [0.29, 0.717) is 12.1 Å². The zero-order chi connectivity index (χ0) is 12.5. The number of halogens is 1. The van der Waals surface area contributed by atoms with Gasteiger partial charge < -0.3 is 0 Å². The fraction of sp³-hybridized carbons (Fsp3) is 0.700. The lowest BCUT2D eigenvalue weighted by Gasteiger charge is -2.31. The van der Waals surface area contributed by atoms with Gasteiger partial charge in [0.1, 0.15) is 0 Å². The van der Waals surface area contributed by atoms with E-state index in [1.165, 1.54) is 6.20 Å². The molecular weight excluding hydrogens is 262 g/mol. The molecule has 1 atom stereocenters. The summed E-state index contributed by atoms with van der Waals surface area (Å²) in [5.41, 5.74) is 0.532. The Labute approximate surface area is 106 Å². The average molecular weight is 278 g/mol. The largest absolute Gasteiger partial charge is 0.266 e. The second kappa shape index (κ2) is 4.96. The Bertz CT molecular complexity index is 485.